The van der Waals surface area contributed by atoms with Crippen molar-refractivity contribution >= 4 is 0 Å². The molecule has 0 bridgehead atoms. The summed E-state index contributed by atoms with van der Waals surface area (Å²) in [6.45, 7) is 7.03. The number of hydrogen-bond donors (Lipinski definition) is 1. The molecule has 1 N–H and O–H groups in total. The molecular formula is C10H22O4. The van der Waals surface area contributed by atoms with Gasteiger partial charge in [-0.25, -0.2) is 0 Å². The first-order chi connectivity index (χ1) is 6.56. The molecule has 0 spiro atoms. The van der Waals surface area contributed by atoms with Crippen LogP contribution in [0.5, 0.6) is 0 Å². The summed E-state index contributed by atoms with van der Waals surface area (Å²) in [6, 6.07) is 0. The highest BCUT2D eigenvalue weighted by Gasteiger charge is 2.07. The highest BCUT2D eigenvalue weighted by atomic mass is 16.6. The second-order valence-corrected chi connectivity index (χ2v) is 3.59. The highest BCUT2D eigenvalue weighted by molar-refractivity contribution is 4.53. The third-order valence-corrected chi connectivity index (χ3v) is 1.64. The van der Waals surface area contributed by atoms with E-state index in [1.807, 2.05) is 13.8 Å². The van der Waals surface area contributed by atoms with Gasteiger partial charge in [0.1, 0.15) is 0 Å². The molecule has 0 rings (SSSR count). The summed E-state index contributed by atoms with van der Waals surface area (Å²) in [7, 11) is 1.65. The van der Waals surface area contributed by atoms with Crippen molar-refractivity contribution in [2.24, 2.45) is 0 Å². The van der Waals surface area contributed by atoms with Crippen molar-refractivity contribution in [1.29, 1.82) is 0 Å². The zero-order chi connectivity index (χ0) is 11.0. The second kappa shape index (κ2) is 8.17. The minimum atomic E-state index is -0.422. The van der Waals surface area contributed by atoms with E-state index in [9.17, 15) is 0 Å². The van der Waals surface area contributed by atoms with Crippen LogP contribution in [0.4, 0.5) is 0 Å². The van der Waals surface area contributed by atoms with Crippen molar-refractivity contribution in [2.45, 2.75) is 39.1 Å². The Morgan fingerprint density at radius 3 is 1.93 bits per heavy atom. The van der Waals surface area contributed by atoms with Crippen LogP contribution < -0.4 is 0 Å². The van der Waals surface area contributed by atoms with Crippen molar-refractivity contribution in [2.75, 3.05) is 26.9 Å². The maximum atomic E-state index is 8.98. The van der Waals surface area contributed by atoms with E-state index in [1.54, 1.807) is 14.0 Å². The number of ether oxygens (including phenoxy) is 3. The van der Waals surface area contributed by atoms with Crippen molar-refractivity contribution in [1.82, 2.24) is 0 Å². The Kier molecular flexibility index (Phi) is 8.08. The van der Waals surface area contributed by atoms with Crippen LogP contribution in [-0.4, -0.2) is 50.3 Å². The van der Waals surface area contributed by atoms with Gasteiger partial charge in [0.2, 0.25) is 0 Å². The molecule has 4 heteroatoms. The molecule has 14 heavy (non-hydrogen) atoms. The number of hydrogen-bond acceptors (Lipinski definition) is 4. The standard InChI is InChI=1S/C10H22O4/c1-8(11)5-13-10(3)7-14-9(2)6-12-4/h8-11H,5-7H2,1-4H3/t8-,9+,10-/m1/s1. The van der Waals surface area contributed by atoms with Crippen molar-refractivity contribution in [3.05, 3.63) is 0 Å². The lowest BCUT2D eigenvalue weighted by atomic mass is 10.4. The van der Waals surface area contributed by atoms with Crippen molar-refractivity contribution < 1.29 is 19.3 Å². The molecule has 0 aromatic carbocycles. The van der Waals surface area contributed by atoms with Gasteiger partial charge in [0.25, 0.3) is 0 Å². The molecule has 0 aliphatic heterocycles. The van der Waals surface area contributed by atoms with Gasteiger partial charge in [0, 0.05) is 7.11 Å². The summed E-state index contributed by atoms with van der Waals surface area (Å²) < 4.78 is 15.7. The molecule has 0 aliphatic rings. The molecule has 0 saturated carbocycles. The van der Waals surface area contributed by atoms with E-state index in [1.165, 1.54) is 0 Å². The largest absolute Gasteiger partial charge is 0.391 e. The molecule has 4 nitrogen and oxygen atoms in total. The quantitative estimate of drug-likeness (QED) is 0.639. The molecule has 86 valence electrons. The van der Waals surface area contributed by atoms with Crippen LogP contribution in [0.25, 0.3) is 0 Å². The van der Waals surface area contributed by atoms with E-state index in [0.717, 1.165) is 0 Å². The summed E-state index contributed by atoms with van der Waals surface area (Å²) in [5.41, 5.74) is 0. The molecule has 0 amide bonds. The van der Waals surface area contributed by atoms with Crippen LogP contribution in [0.1, 0.15) is 20.8 Å². The molecule has 0 aromatic heterocycles. The number of aliphatic hydroxyl groups is 1. The van der Waals surface area contributed by atoms with E-state index < -0.39 is 6.10 Å². The van der Waals surface area contributed by atoms with Gasteiger partial charge in [-0.05, 0) is 20.8 Å². The molecular weight excluding hydrogens is 184 g/mol. The lowest BCUT2D eigenvalue weighted by Gasteiger charge is -2.17. The van der Waals surface area contributed by atoms with Crippen molar-refractivity contribution in [3.8, 4) is 0 Å². The Morgan fingerprint density at radius 1 is 0.929 bits per heavy atom. The average Bonchev–Trinajstić information content (AvgIpc) is 2.12. The molecule has 0 aliphatic carbocycles. The van der Waals surface area contributed by atoms with Crippen molar-refractivity contribution in [3.63, 3.8) is 0 Å². The van der Waals surface area contributed by atoms with Crippen LogP contribution >= 0.6 is 0 Å². The van der Waals surface area contributed by atoms with E-state index in [-0.39, 0.29) is 12.2 Å². The lowest BCUT2D eigenvalue weighted by Crippen LogP contribution is -2.25. The monoisotopic (exact) mass is 206 g/mol. The summed E-state index contributed by atoms with van der Waals surface area (Å²) >= 11 is 0. The molecule has 0 aromatic rings. The summed E-state index contributed by atoms with van der Waals surface area (Å²) in [5.74, 6) is 0. The molecule has 0 unspecified atom stereocenters. The van der Waals surface area contributed by atoms with Gasteiger partial charge in [0.05, 0.1) is 38.1 Å². The normalized spacial score (nSPS) is 17.8. The SMILES string of the molecule is COC[C@H](C)OC[C@@H](C)OC[C@@H](C)O. The Hall–Kier alpha value is -0.160. The smallest absolute Gasteiger partial charge is 0.0781 e. The molecule has 0 radical (unpaired) electrons. The van der Waals surface area contributed by atoms with Crippen LogP contribution in [0.15, 0.2) is 0 Å². The van der Waals surface area contributed by atoms with Gasteiger partial charge in [-0.2, -0.15) is 0 Å². The van der Waals surface area contributed by atoms with Gasteiger partial charge in [0.15, 0.2) is 0 Å². The summed E-state index contributed by atoms with van der Waals surface area (Å²) in [6.07, 6.45) is -0.338. The van der Waals surface area contributed by atoms with Gasteiger partial charge in [-0.15, -0.1) is 0 Å². The van der Waals surface area contributed by atoms with Gasteiger partial charge < -0.3 is 19.3 Å². The fraction of sp³-hybridized carbons (Fsp3) is 1.00. The average molecular weight is 206 g/mol. The number of aliphatic hydroxyl groups excluding tert-OH is 1. The van der Waals surface area contributed by atoms with Gasteiger partial charge in [-0.1, -0.05) is 0 Å². The van der Waals surface area contributed by atoms with Crippen LogP contribution in [0.3, 0.4) is 0 Å². The second-order valence-electron chi connectivity index (χ2n) is 3.59. The number of methoxy groups -OCH3 is 1. The van der Waals surface area contributed by atoms with Gasteiger partial charge >= 0.3 is 0 Å². The Bertz CT molecular complexity index is 127. The Balaban J connectivity index is 3.38. The zero-order valence-electron chi connectivity index (χ0n) is 9.53. The molecule has 0 fully saturated rings. The molecule has 3 atom stereocenters. The molecule has 0 heterocycles. The molecule has 0 saturated heterocycles. The summed E-state index contributed by atoms with van der Waals surface area (Å²) in [5, 5.41) is 8.98. The first-order valence-corrected chi connectivity index (χ1v) is 4.96. The van der Waals surface area contributed by atoms with E-state index >= 15 is 0 Å². The zero-order valence-corrected chi connectivity index (χ0v) is 9.53. The maximum Gasteiger partial charge on any atom is 0.0781 e. The minimum absolute atomic E-state index is 0.00362. The third kappa shape index (κ3) is 8.44. The predicted molar refractivity (Wildman–Crippen MR) is 54.4 cm³/mol. The highest BCUT2D eigenvalue weighted by Crippen LogP contribution is 1.98. The van der Waals surface area contributed by atoms with Gasteiger partial charge in [-0.3, -0.25) is 0 Å². The van der Waals surface area contributed by atoms with E-state index in [4.69, 9.17) is 19.3 Å². The first kappa shape index (κ1) is 13.8. The van der Waals surface area contributed by atoms with Crippen LogP contribution in [-0.2, 0) is 14.2 Å². The lowest BCUT2D eigenvalue weighted by molar-refractivity contribution is -0.0657. The topological polar surface area (TPSA) is 47.9 Å². The summed E-state index contributed by atoms with van der Waals surface area (Å²) in [4.78, 5) is 0. The van der Waals surface area contributed by atoms with Crippen LogP contribution in [0.2, 0.25) is 0 Å². The maximum absolute atomic E-state index is 8.98. The fourth-order valence-corrected chi connectivity index (χ4v) is 0.934. The minimum Gasteiger partial charge on any atom is -0.391 e. The Labute approximate surface area is 86.2 Å². The van der Waals surface area contributed by atoms with E-state index in [0.29, 0.717) is 19.8 Å². The third-order valence-electron chi connectivity index (χ3n) is 1.64. The van der Waals surface area contributed by atoms with E-state index in [2.05, 4.69) is 0 Å². The first-order valence-electron chi connectivity index (χ1n) is 4.96. The number of rotatable bonds is 8. The fourth-order valence-electron chi connectivity index (χ4n) is 0.934. The van der Waals surface area contributed by atoms with Crippen LogP contribution in [0, 0.1) is 0 Å². The predicted octanol–water partition coefficient (Wildman–Crippen LogP) is 0.824. The Morgan fingerprint density at radius 2 is 1.43 bits per heavy atom.